The molecule has 3 saturated carbocycles. The number of benzene rings is 2. The van der Waals surface area contributed by atoms with Gasteiger partial charge in [-0.1, -0.05) is 80.6 Å². The van der Waals surface area contributed by atoms with E-state index in [2.05, 4.69) is 37.9 Å². The summed E-state index contributed by atoms with van der Waals surface area (Å²) in [6.45, 7) is 11.2. The van der Waals surface area contributed by atoms with Gasteiger partial charge in [-0.25, -0.2) is 0 Å². The van der Waals surface area contributed by atoms with Crippen molar-refractivity contribution >= 4 is 5.78 Å². The highest BCUT2D eigenvalue weighted by molar-refractivity contribution is 6.08. The van der Waals surface area contributed by atoms with Gasteiger partial charge in [-0.05, 0) is 91.6 Å². The number of ketones is 1. The Morgan fingerprint density at radius 2 is 1.68 bits per heavy atom. The predicted molar refractivity (Wildman–Crippen MR) is 153 cm³/mol. The summed E-state index contributed by atoms with van der Waals surface area (Å²) in [5.74, 6) is 1.86. The Hall–Kier alpha value is -2.27. The minimum absolute atomic E-state index is 0.0467. The van der Waals surface area contributed by atoms with E-state index in [4.69, 9.17) is 0 Å². The van der Waals surface area contributed by atoms with E-state index in [9.17, 15) is 15.0 Å². The second-order valence-corrected chi connectivity index (χ2v) is 12.8. The van der Waals surface area contributed by atoms with Crippen molar-refractivity contribution in [3.8, 4) is 0 Å². The first-order chi connectivity index (χ1) is 18.3. The summed E-state index contributed by atoms with van der Waals surface area (Å²) in [6, 6.07) is 17.4. The summed E-state index contributed by atoms with van der Waals surface area (Å²) in [5, 5.41) is 24.5. The van der Waals surface area contributed by atoms with Crippen molar-refractivity contribution in [3.63, 3.8) is 0 Å². The van der Waals surface area contributed by atoms with Crippen LogP contribution in [0.4, 0.5) is 0 Å². The van der Waals surface area contributed by atoms with Crippen LogP contribution in [-0.2, 0) is 6.54 Å². The zero-order chi connectivity index (χ0) is 26.9. The minimum atomic E-state index is -0.284. The Bertz CT molecular complexity index is 1130. The molecule has 0 heterocycles. The van der Waals surface area contributed by atoms with Gasteiger partial charge >= 0.3 is 0 Å². The maximum atomic E-state index is 12.8. The fourth-order valence-corrected chi connectivity index (χ4v) is 8.38. The van der Waals surface area contributed by atoms with Gasteiger partial charge in [-0.15, -0.1) is 0 Å². The van der Waals surface area contributed by atoms with E-state index in [0.29, 0.717) is 29.7 Å². The quantitative estimate of drug-likeness (QED) is 0.291. The first-order valence-corrected chi connectivity index (χ1v) is 14.6. The zero-order valence-corrected chi connectivity index (χ0v) is 23.2. The van der Waals surface area contributed by atoms with Crippen molar-refractivity contribution in [2.24, 2.45) is 34.5 Å². The SMILES string of the molecule is C=C1CC[C@@H]2[C@H](CNCc3ccc(C(=O)c4ccccc4)cc3)[C@H]([C@@]3(C)CC[C@H](O)C[C@@H]3CO)CC[C@]12C. The van der Waals surface area contributed by atoms with Gasteiger partial charge in [-0.2, -0.15) is 0 Å². The average Bonchev–Trinajstić information content (AvgIpc) is 3.24. The zero-order valence-electron chi connectivity index (χ0n) is 23.2. The highest BCUT2D eigenvalue weighted by Gasteiger charge is 2.56. The van der Waals surface area contributed by atoms with Crippen LogP contribution in [0.3, 0.4) is 0 Å². The van der Waals surface area contributed by atoms with Gasteiger partial charge in [0.25, 0.3) is 0 Å². The first kappa shape index (κ1) is 27.3. The highest BCUT2D eigenvalue weighted by Crippen LogP contribution is 2.63. The third kappa shape index (κ3) is 5.03. The fourth-order valence-electron chi connectivity index (χ4n) is 8.38. The largest absolute Gasteiger partial charge is 0.396 e. The third-order valence-electron chi connectivity index (χ3n) is 10.9. The molecule has 0 aliphatic heterocycles. The number of nitrogens with one attached hydrogen (secondary N) is 1. The van der Waals surface area contributed by atoms with Crippen molar-refractivity contribution in [3.05, 3.63) is 83.4 Å². The monoisotopic (exact) mass is 515 g/mol. The molecule has 0 amide bonds. The molecule has 3 aliphatic carbocycles. The summed E-state index contributed by atoms with van der Waals surface area (Å²) in [7, 11) is 0. The second-order valence-electron chi connectivity index (χ2n) is 12.8. The lowest BCUT2D eigenvalue weighted by molar-refractivity contribution is -0.0933. The Labute approximate surface area is 228 Å². The van der Waals surface area contributed by atoms with Crippen molar-refractivity contribution in [1.82, 2.24) is 5.32 Å². The molecule has 3 aliphatic rings. The molecule has 38 heavy (non-hydrogen) atoms. The number of allylic oxidation sites excluding steroid dienone is 1. The molecule has 0 unspecified atom stereocenters. The van der Waals surface area contributed by atoms with Crippen molar-refractivity contribution in [1.29, 1.82) is 0 Å². The summed E-state index contributed by atoms with van der Waals surface area (Å²) >= 11 is 0. The van der Waals surface area contributed by atoms with Gasteiger partial charge < -0.3 is 15.5 Å². The molecule has 3 N–H and O–H groups in total. The molecule has 4 nitrogen and oxygen atoms in total. The minimum Gasteiger partial charge on any atom is -0.396 e. The lowest BCUT2D eigenvalue weighted by atomic mass is 9.49. The summed E-state index contributed by atoms with van der Waals surface area (Å²) in [6.07, 6.45) is 6.94. The normalized spacial score (nSPS) is 35.2. The van der Waals surface area contributed by atoms with Gasteiger partial charge in [-0.3, -0.25) is 4.79 Å². The standard InChI is InChI=1S/C34H45NO3/c1-23-9-14-30-29(31(16-18-33(23,30)2)34(3)17-15-28(37)19-27(34)22-36)21-35-20-24-10-12-26(13-11-24)32(38)25-7-5-4-6-8-25/h4-8,10-13,27-31,35-37H,1,9,14-22H2,2-3H3/t27-,28+,29+,30-,31-,33-,34+/m1/s1. The number of rotatable bonds is 8. The van der Waals surface area contributed by atoms with E-state index >= 15 is 0 Å². The van der Waals surface area contributed by atoms with Crippen LogP contribution >= 0.6 is 0 Å². The number of carbonyl (C=O) groups excluding carboxylic acids is 1. The van der Waals surface area contributed by atoms with E-state index < -0.39 is 0 Å². The molecule has 0 spiro atoms. The van der Waals surface area contributed by atoms with Crippen molar-refractivity contribution in [2.75, 3.05) is 13.2 Å². The van der Waals surface area contributed by atoms with E-state index in [-0.39, 0.29) is 35.2 Å². The molecule has 0 saturated heterocycles. The van der Waals surface area contributed by atoms with Crippen LogP contribution in [0, 0.1) is 34.5 Å². The third-order valence-corrected chi connectivity index (χ3v) is 10.9. The molecule has 5 rings (SSSR count). The van der Waals surface area contributed by atoms with Gasteiger partial charge in [0.15, 0.2) is 5.78 Å². The topological polar surface area (TPSA) is 69.6 Å². The van der Waals surface area contributed by atoms with Crippen LogP contribution in [0.1, 0.15) is 80.3 Å². The molecule has 7 atom stereocenters. The van der Waals surface area contributed by atoms with Gasteiger partial charge in [0.2, 0.25) is 0 Å². The second kappa shape index (κ2) is 11.1. The van der Waals surface area contributed by atoms with Crippen LogP contribution in [0.25, 0.3) is 0 Å². The average molecular weight is 516 g/mol. The summed E-state index contributed by atoms with van der Waals surface area (Å²) in [5.41, 5.74) is 4.29. The Morgan fingerprint density at radius 3 is 2.39 bits per heavy atom. The number of carbonyl (C=O) groups is 1. The van der Waals surface area contributed by atoms with Crippen molar-refractivity contribution < 1.29 is 15.0 Å². The first-order valence-electron chi connectivity index (χ1n) is 14.6. The summed E-state index contributed by atoms with van der Waals surface area (Å²) < 4.78 is 0. The van der Waals surface area contributed by atoms with Gasteiger partial charge in [0.1, 0.15) is 0 Å². The molecule has 0 aromatic heterocycles. The fraction of sp³-hybridized carbons (Fsp3) is 0.559. The van der Waals surface area contributed by atoms with Crippen LogP contribution in [-0.4, -0.2) is 35.3 Å². The molecule has 3 fully saturated rings. The predicted octanol–water partition coefficient (Wildman–Crippen LogP) is 6.17. The van der Waals surface area contributed by atoms with Crippen molar-refractivity contribution in [2.45, 2.75) is 71.4 Å². The number of hydrogen-bond acceptors (Lipinski definition) is 4. The number of aliphatic hydroxyl groups is 2. The van der Waals surface area contributed by atoms with Gasteiger partial charge in [0, 0.05) is 24.3 Å². The van der Waals surface area contributed by atoms with Gasteiger partial charge in [0.05, 0.1) is 6.10 Å². The maximum Gasteiger partial charge on any atom is 0.193 e. The summed E-state index contributed by atoms with van der Waals surface area (Å²) in [4.78, 5) is 12.8. The molecular weight excluding hydrogens is 470 g/mol. The van der Waals surface area contributed by atoms with E-state index in [0.717, 1.165) is 44.3 Å². The highest BCUT2D eigenvalue weighted by atomic mass is 16.3. The van der Waals surface area contributed by atoms with Crippen LogP contribution < -0.4 is 5.32 Å². The number of fused-ring (bicyclic) bond motifs is 1. The molecule has 2 aromatic rings. The number of hydrogen-bond donors (Lipinski definition) is 3. The van der Waals surface area contributed by atoms with E-state index in [1.54, 1.807) is 0 Å². The van der Waals surface area contributed by atoms with E-state index in [1.165, 1.54) is 24.0 Å². The lowest BCUT2D eigenvalue weighted by Crippen LogP contribution is -2.53. The Morgan fingerprint density at radius 1 is 0.974 bits per heavy atom. The lowest BCUT2D eigenvalue weighted by Gasteiger charge is -2.56. The van der Waals surface area contributed by atoms with Crippen LogP contribution in [0.15, 0.2) is 66.7 Å². The Balaban J connectivity index is 1.30. The molecule has 0 radical (unpaired) electrons. The smallest absolute Gasteiger partial charge is 0.193 e. The van der Waals surface area contributed by atoms with Crippen LogP contribution in [0.5, 0.6) is 0 Å². The Kier molecular flexibility index (Phi) is 7.96. The molecule has 0 bridgehead atoms. The molecule has 4 heteroatoms. The maximum absolute atomic E-state index is 12.8. The van der Waals surface area contributed by atoms with Crippen LogP contribution in [0.2, 0.25) is 0 Å². The molecular formula is C34H45NO3. The molecule has 2 aromatic carbocycles. The number of aliphatic hydroxyl groups excluding tert-OH is 2. The molecule has 204 valence electrons. The van der Waals surface area contributed by atoms with E-state index in [1.807, 2.05) is 42.5 Å².